The Hall–Kier alpha value is -3.10. The van der Waals surface area contributed by atoms with Crippen LogP contribution in [-0.2, 0) is 19.2 Å². The van der Waals surface area contributed by atoms with Crippen LogP contribution < -0.4 is 15.5 Å². The lowest BCUT2D eigenvalue weighted by Gasteiger charge is -2.36. The van der Waals surface area contributed by atoms with Crippen molar-refractivity contribution >= 4 is 35.1 Å². The number of nitrogens with one attached hydrogen (secondary N) is 2. The zero-order chi connectivity index (χ0) is 24.3. The van der Waals surface area contributed by atoms with Gasteiger partial charge in [-0.3, -0.25) is 24.5 Å². The molecule has 34 heavy (non-hydrogen) atoms. The molecule has 2 saturated heterocycles. The van der Waals surface area contributed by atoms with E-state index in [0.29, 0.717) is 32.4 Å². The third kappa shape index (κ3) is 8.04. The molecule has 0 bridgehead atoms. The molecule has 9 heteroatoms. The molecule has 2 aliphatic rings. The lowest BCUT2D eigenvalue weighted by Crippen LogP contribution is -2.48. The smallest absolute Gasteiger partial charge is 0.303 e. The van der Waals surface area contributed by atoms with Gasteiger partial charge in [-0.2, -0.15) is 0 Å². The number of nitrogens with zero attached hydrogens (tertiary/aromatic N) is 2. The maximum Gasteiger partial charge on any atom is 0.303 e. The maximum absolute atomic E-state index is 12.5. The Morgan fingerprint density at radius 1 is 0.912 bits per heavy atom. The van der Waals surface area contributed by atoms with Crippen molar-refractivity contribution in [3.63, 3.8) is 0 Å². The van der Waals surface area contributed by atoms with Crippen molar-refractivity contribution < 1.29 is 24.3 Å². The van der Waals surface area contributed by atoms with E-state index >= 15 is 0 Å². The molecule has 186 valence electrons. The molecule has 0 radical (unpaired) electrons. The summed E-state index contributed by atoms with van der Waals surface area (Å²) in [6, 6.07) is 7.52. The number of benzene rings is 1. The molecule has 1 aromatic carbocycles. The third-order valence-electron chi connectivity index (χ3n) is 6.48. The van der Waals surface area contributed by atoms with E-state index in [0.717, 1.165) is 63.0 Å². The molecule has 2 heterocycles. The minimum absolute atomic E-state index is 0.217. The zero-order valence-corrected chi connectivity index (χ0v) is 19.8. The van der Waals surface area contributed by atoms with Crippen LogP contribution in [-0.4, -0.2) is 65.9 Å². The Bertz CT molecular complexity index is 849. The van der Waals surface area contributed by atoms with Crippen molar-refractivity contribution in [3.8, 4) is 0 Å². The Kier molecular flexibility index (Phi) is 9.73. The summed E-state index contributed by atoms with van der Waals surface area (Å²) in [5, 5.41) is 14.2. The van der Waals surface area contributed by atoms with Crippen LogP contribution in [0.1, 0.15) is 64.2 Å². The highest BCUT2D eigenvalue weighted by Gasteiger charge is 2.26. The van der Waals surface area contributed by atoms with E-state index < -0.39 is 12.0 Å². The van der Waals surface area contributed by atoms with E-state index in [4.69, 9.17) is 5.11 Å². The van der Waals surface area contributed by atoms with Crippen LogP contribution in [0.15, 0.2) is 24.3 Å². The van der Waals surface area contributed by atoms with Crippen molar-refractivity contribution in [2.75, 3.05) is 36.4 Å². The summed E-state index contributed by atoms with van der Waals surface area (Å²) in [6.07, 6.45) is 7.32. The van der Waals surface area contributed by atoms with Crippen LogP contribution in [0, 0.1) is 0 Å². The van der Waals surface area contributed by atoms with E-state index in [1.165, 1.54) is 0 Å². The first-order valence-corrected chi connectivity index (χ1v) is 12.4. The predicted molar refractivity (Wildman–Crippen MR) is 130 cm³/mol. The predicted octanol–water partition coefficient (Wildman–Crippen LogP) is 2.76. The topological polar surface area (TPSA) is 119 Å². The number of carboxylic acids is 1. The summed E-state index contributed by atoms with van der Waals surface area (Å²) in [4.78, 5) is 50.4. The molecular formula is C25H36N4O5. The fourth-order valence-electron chi connectivity index (χ4n) is 4.43. The molecule has 3 rings (SSSR count). The number of imide groups is 1. The average Bonchev–Trinajstić information content (AvgIpc) is 2.83. The summed E-state index contributed by atoms with van der Waals surface area (Å²) in [5.74, 6) is -1.02. The van der Waals surface area contributed by atoms with Crippen molar-refractivity contribution in [1.29, 1.82) is 0 Å². The Labute approximate surface area is 200 Å². The molecule has 1 unspecified atom stereocenters. The summed E-state index contributed by atoms with van der Waals surface area (Å²) >= 11 is 0. The van der Waals surface area contributed by atoms with E-state index in [1.807, 2.05) is 29.2 Å². The minimum Gasteiger partial charge on any atom is -0.481 e. The van der Waals surface area contributed by atoms with Crippen LogP contribution in [0.4, 0.5) is 11.4 Å². The molecule has 1 aromatic rings. The molecule has 1 atom stereocenters. The second kappa shape index (κ2) is 13.0. The molecule has 2 aliphatic heterocycles. The van der Waals surface area contributed by atoms with Crippen LogP contribution in [0.2, 0.25) is 0 Å². The second-order valence-corrected chi connectivity index (χ2v) is 9.08. The summed E-state index contributed by atoms with van der Waals surface area (Å²) in [5.41, 5.74) is 1.93. The highest BCUT2D eigenvalue weighted by Crippen LogP contribution is 2.21. The van der Waals surface area contributed by atoms with Crippen molar-refractivity contribution in [1.82, 2.24) is 10.2 Å². The molecule has 2 fully saturated rings. The highest BCUT2D eigenvalue weighted by atomic mass is 16.4. The monoisotopic (exact) mass is 472 g/mol. The Morgan fingerprint density at radius 2 is 1.53 bits per heavy atom. The number of aliphatic carboxylic acids is 1. The van der Waals surface area contributed by atoms with Crippen molar-refractivity contribution in [2.24, 2.45) is 0 Å². The highest BCUT2D eigenvalue weighted by molar-refractivity contribution is 6.01. The molecule has 0 saturated carbocycles. The summed E-state index contributed by atoms with van der Waals surface area (Å²) in [7, 11) is 0. The van der Waals surface area contributed by atoms with Gasteiger partial charge in [0.25, 0.3) is 0 Å². The van der Waals surface area contributed by atoms with Crippen LogP contribution in [0.3, 0.4) is 0 Å². The standard InChI is InChI=1S/C25H36N4O5/c30-22-14-13-21(25(34)27-22)26-19-9-11-20(12-10-19)28-15-17-29(18-16-28)23(31)7-5-3-1-2-4-6-8-24(32)33/h9-12,21,26H,1-8,13-18H2,(H,32,33)(H,27,30,34). The van der Waals surface area contributed by atoms with Gasteiger partial charge >= 0.3 is 5.97 Å². The van der Waals surface area contributed by atoms with Gasteiger partial charge < -0.3 is 20.2 Å². The number of carbonyl (C=O) groups excluding carboxylic acids is 3. The number of carboxylic acid groups (broad SMARTS) is 1. The van der Waals surface area contributed by atoms with E-state index in [-0.39, 0.29) is 24.1 Å². The number of amides is 3. The molecule has 9 nitrogen and oxygen atoms in total. The number of piperidine rings is 1. The third-order valence-corrected chi connectivity index (χ3v) is 6.48. The van der Waals surface area contributed by atoms with E-state index in [2.05, 4.69) is 15.5 Å². The quantitative estimate of drug-likeness (QED) is 0.316. The van der Waals surface area contributed by atoms with Gasteiger partial charge in [0.1, 0.15) is 6.04 Å². The fourth-order valence-corrected chi connectivity index (χ4v) is 4.43. The number of hydrogen-bond donors (Lipinski definition) is 3. The molecule has 0 aromatic heterocycles. The molecule has 3 amide bonds. The number of piperazine rings is 1. The van der Waals surface area contributed by atoms with E-state index in [1.54, 1.807) is 0 Å². The lowest BCUT2D eigenvalue weighted by molar-refractivity contribution is -0.137. The first kappa shape index (κ1) is 25.5. The molecular weight excluding hydrogens is 436 g/mol. The van der Waals surface area contributed by atoms with Crippen molar-refractivity contribution in [2.45, 2.75) is 70.3 Å². The summed E-state index contributed by atoms with van der Waals surface area (Å²) < 4.78 is 0. The fraction of sp³-hybridized carbons (Fsp3) is 0.600. The first-order chi connectivity index (χ1) is 16.4. The molecule has 0 aliphatic carbocycles. The number of hydrogen-bond acceptors (Lipinski definition) is 6. The van der Waals surface area contributed by atoms with E-state index in [9.17, 15) is 19.2 Å². The number of anilines is 2. The number of carbonyl (C=O) groups is 4. The minimum atomic E-state index is -0.732. The van der Waals surface area contributed by atoms with Gasteiger partial charge in [0.2, 0.25) is 17.7 Å². The maximum atomic E-state index is 12.5. The van der Waals surface area contributed by atoms with Gasteiger partial charge in [0, 0.05) is 56.8 Å². The molecule has 0 spiro atoms. The lowest BCUT2D eigenvalue weighted by atomic mass is 10.1. The average molecular weight is 473 g/mol. The van der Waals surface area contributed by atoms with Crippen molar-refractivity contribution in [3.05, 3.63) is 24.3 Å². The zero-order valence-electron chi connectivity index (χ0n) is 19.8. The van der Waals surface area contributed by atoms with Gasteiger partial charge in [-0.05, 0) is 43.5 Å². The number of rotatable bonds is 12. The first-order valence-electron chi connectivity index (χ1n) is 12.4. The number of unbranched alkanes of at least 4 members (excludes halogenated alkanes) is 5. The second-order valence-electron chi connectivity index (χ2n) is 9.08. The Balaban J connectivity index is 1.32. The van der Waals surface area contributed by atoms with Crippen LogP contribution >= 0.6 is 0 Å². The van der Waals surface area contributed by atoms with Gasteiger partial charge in [0.05, 0.1) is 0 Å². The Morgan fingerprint density at radius 3 is 2.15 bits per heavy atom. The van der Waals surface area contributed by atoms with Crippen LogP contribution in [0.5, 0.6) is 0 Å². The normalized spacial score (nSPS) is 18.5. The molecule has 3 N–H and O–H groups in total. The summed E-state index contributed by atoms with van der Waals surface area (Å²) in [6.45, 7) is 3.00. The van der Waals surface area contributed by atoms with Crippen LogP contribution in [0.25, 0.3) is 0 Å². The van der Waals surface area contributed by atoms with Gasteiger partial charge in [-0.1, -0.05) is 25.7 Å². The van der Waals surface area contributed by atoms with Gasteiger partial charge in [-0.15, -0.1) is 0 Å². The van der Waals surface area contributed by atoms with Gasteiger partial charge in [-0.25, -0.2) is 0 Å². The largest absolute Gasteiger partial charge is 0.481 e. The SMILES string of the molecule is O=C(O)CCCCCCCCC(=O)N1CCN(c2ccc(NC3CCC(=O)NC3=O)cc2)CC1. The van der Waals surface area contributed by atoms with Gasteiger partial charge in [0.15, 0.2) is 0 Å².